The molecule has 0 saturated heterocycles. The van der Waals surface area contributed by atoms with Gasteiger partial charge < -0.3 is 10.6 Å². The van der Waals surface area contributed by atoms with Gasteiger partial charge in [-0.25, -0.2) is 4.98 Å². The van der Waals surface area contributed by atoms with Crippen molar-refractivity contribution in [3.8, 4) is 0 Å². The second-order valence-electron chi connectivity index (χ2n) is 4.43. The number of aryl methyl sites for hydroxylation is 1. The second kappa shape index (κ2) is 5.47. The first-order valence-corrected chi connectivity index (χ1v) is 5.65. The number of hydrogen-bond acceptors (Lipinski definition) is 6. The molecule has 0 aliphatic carbocycles. The van der Waals surface area contributed by atoms with Crippen LogP contribution in [0.25, 0.3) is 0 Å². The van der Waals surface area contributed by atoms with Crippen molar-refractivity contribution in [1.82, 2.24) is 9.97 Å². The largest absolute Gasteiger partial charge is 0.405 e. The molecule has 1 rings (SSSR count). The lowest BCUT2D eigenvalue weighted by Crippen LogP contribution is -2.40. The highest BCUT2D eigenvalue weighted by molar-refractivity contribution is 5.62. The van der Waals surface area contributed by atoms with Crippen molar-refractivity contribution < 1.29 is 18.1 Å². The molecule has 7 nitrogen and oxygen atoms in total. The standard InChI is InChI=1S/C10H14F3N5O2/c1-5(2)17(4-10(11,12)13)8-7(18(19)20)6(3)15-9(14)16-8/h5H,4H2,1-3H3,(H2,14,15,16). The van der Waals surface area contributed by atoms with E-state index in [1.807, 2.05) is 0 Å². The predicted octanol–water partition coefficient (Wildman–Crippen LogP) is 2.05. The molecule has 0 unspecified atom stereocenters. The Morgan fingerprint density at radius 2 is 1.95 bits per heavy atom. The Bertz CT molecular complexity index is 518. The molecule has 0 spiro atoms. The summed E-state index contributed by atoms with van der Waals surface area (Å²) < 4.78 is 37.8. The SMILES string of the molecule is Cc1nc(N)nc(N(CC(F)(F)F)C(C)C)c1[N+](=O)[O-]. The molecule has 1 heterocycles. The van der Waals surface area contributed by atoms with Crippen molar-refractivity contribution in [3.05, 3.63) is 15.8 Å². The highest BCUT2D eigenvalue weighted by atomic mass is 19.4. The minimum atomic E-state index is -4.52. The zero-order valence-electron chi connectivity index (χ0n) is 11.1. The summed E-state index contributed by atoms with van der Waals surface area (Å²) in [6.45, 7) is 2.89. The van der Waals surface area contributed by atoms with E-state index in [2.05, 4.69) is 9.97 Å². The van der Waals surface area contributed by atoms with Crippen LogP contribution in [0.3, 0.4) is 0 Å². The molecule has 10 heteroatoms. The molecular weight excluding hydrogens is 279 g/mol. The van der Waals surface area contributed by atoms with Gasteiger partial charge in [0.2, 0.25) is 11.8 Å². The molecule has 112 valence electrons. The molecule has 1 aromatic heterocycles. The Balaban J connectivity index is 3.43. The molecule has 0 amide bonds. The monoisotopic (exact) mass is 293 g/mol. The van der Waals surface area contributed by atoms with E-state index in [1.54, 1.807) is 0 Å². The van der Waals surface area contributed by atoms with Crippen LogP contribution >= 0.6 is 0 Å². The molecule has 0 aliphatic heterocycles. The molecule has 0 atom stereocenters. The fourth-order valence-corrected chi connectivity index (χ4v) is 1.68. The van der Waals surface area contributed by atoms with Crippen LogP contribution < -0.4 is 10.6 Å². The molecule has 0 aliphatic rings. The van der Waals surface area contributed by atoms with E-state index in [9.17, 15) is 23.3 Å². The lowest BCUT2D eigenvalue weighted by Gasteiger charge is -2.28. The zero-order valence-corrected chi connectivity index (χ0v) is 11.1. The third-order valence-electron chi connectivity index (χ3n) is 2.48. The zero-order chi connectivity index (χ0) is 15.7. The summed E-state index contributed by atoms with van der Waals surface area (Å²) in [7, 11) is 0. The highest BCUT2D eigenvalue weighted by Gasteiger charge is 2.36. The number of rotatable bonds is 4. The van der Waals surface area contributed by atoms with Crippen molar-refractivity contribution in [1.29, 1.82) is 0 Å². The summed E-state index contributed by atoms with van der Waals surface area (Å²) in [5.74, 6) is -0.733. The maximum absolute atomic E-state index is 12.6. The van der Waals surface area contributed by atoms with Gasteiger partial charge in [0.15, 0.2) is 0 Å². The third kappa shape index (κ3) is 3.68. The number of anilines is 2. The third-order valence-corrected chi connectivity index (χ3v) is 2.48. The first-order chi connectivity index (χ1) is 9.03. The van der Waals surface area contributed by atoms with Crippen LogP contribution in [0.15, 0.2) is 0 Å². The van der Waals surface area contributed by atoms with Crippen LogP contribution in [-0.4, -0.2) is 33.7 Å². The Morgan fingerprint density at radius 3 is 2.35 bits per heavy atom. The summed E-state index contributed by atoms with van der Waals surface area (Å²) in [6, 6.07) is -0.649. The molecule has 0 radical (unpaired) electrons. The van der Waals surface area contributed by atoms with Gasteiger partial charge in [-0.1, -0.05) is 0 Å². The summed E-state index contributed by atoms with van der Waals surface area (Å²) in [6.07, 6.45) is -4.52. The Hall–Kier alpha value is -2.13. The molecule has 0 aromatic carbocycles. The van der Waals surface area contributed by atoms with Gasteiger partial charge >= 0.3 is 11.9 Å². The molecule has 20 heavy (non-hydrogen) atoms. The maximum Gasteiger partial charge on any atom is 0.405 e. The number of hydrogen-bond donors (Lipinski definition) is 1. The summed E-state index contributed by atoms with van der Waals surface area (Å²) in [5, 5.41) is 11.0. The smallest absolute Gasteiger partial charge is 0.368 e. The van der Waals surface area contributed by atoms with Crippen molar-refractivity contribution in [2.75, 3.05) is 17.2 Å². The van der Waals surface area contributed by atoms with Gasteiger partial charge in [0.25, 0.3) is 0 Å². The quantitative estimate of drug-likeness (QED) is 0.674. The van der Waals surface area contributed by atoms with Gasteiger partial charge in [0, 0.05) is 6.04 Å². The second-order valence-corrected chi connectivity index (χ2v) is 4.43. The molecular formula is C10H14F3N5O2. The molecule has 0 fully saturated rings. The van der Waals surface area contributed by atoms with Gasteiger partial charge in [0.1, 0.15) is 12.2 Å². The highest BCUT2D eigenvalue weighted by Crippen LogP contribution is 2.32. The summed E-state index contributed by atoms with van der Waals surface area (Å²) in [4.78, 5) is 18.2. The van der Waals surface area contributed by atoms with Crippen molar-refractivity contribution in [3.63, 3.8) is 0 Å². The maximum atomic E-state index is 12.6. The number of nitrogens with two attached hydrogens (primary N) is 1. The first kappa shape index (κ1) is 15.9. The Labute approximate surface area is 112 Å². The van der Waals surface area contributed by atoms with Gasteiger partial charge in [-0.15, -0.1) is 0 Å². The van der Waals surface area contributed by atoms with Crippen LogP contribution in [0.5, 0.6) is 0 Å². The minimum absolute atomic E-state index is 0.0784. The van der Waals surface area contributed by atoms with Crippen LogP contribution in [0.2, 0.25) is 0 Å². The lowest BCUT2D eigenvalue weighted by atomic mass is 10.2. The molecule has 0 bridgehead atoms. The summed E-state index contributed by atoms with van der Waals surface area (Å²) >= 11 is 0. The van der Waals surface area contributed by atoms with E-state index in [-0.39, 0.29) is 11.6 Å². The van der Waals surface area contributed by atoms with E-state index in [4.69, 9.17) is 5.73 Å². The number of aromatic nitrogens is 2. The number of nitrogens with zero attached hydrogens (tertiary/aromatic N) is 4. The molecule has 2 N–H and O–H groups in total. The number of alkyl halides is 3. The van der Waals surface area contributed by atoms with Gasteiger partial charge in [-0.05, 0) is 20.8 Å². The van der Waals surface area contributed by atoms with Crippen molar-refractivity contribution in [2.24, 2.45) is 0 Å². The fraction of sp³-hybridized carbons (Fsp3) is 0.600. The van der Waals surface area contributed by atoms with Crippen LogP contribution in [0.4, 0.5) is 30.6 Å². The van der Waals surface area contributed by atoms with Crippen LogP contribution in [-0.2, 0) is 0 Å². The number of halogens is 3. The Morgan fingerprint density at radius 1 is 1.40 bits per heavy atom. The van der Waals surface area contributed by atoms with Crippen molar-refractivity contribution >= 4 is 17.5 Å². The normalized spacial score (nSPS) is 11.8. The van der Waals surface area contributed by atoms with Gasteiger partial charge in [-0.2, -0.15) is 18.2 Å². The predicted molar refractivity (Wildman–Crippen MR) is 66.4 cm³/mol. The topological polar surface area (TPSA) is 98.2 Å². The van der Waals surface area contributed by atoms with Crippen molar-refractivity contribution in [2.45, 2.75) is 33.0 Å². The van der Waals surface area contributed by atoms with E-state index in [1.165, 1.54) is 20.8 Å². The van der Waals surface area contributed by atoms with Crippen LogP contribution in [0.1, 0.15) is 19.5 Å². The van der Waals surface area contributed by atoms with E-state index in [0.29, 0.717) is 0 Å². The van der Waals surface area contributed by atoms with Gasteiger partial charge in [-0.3, -0.25) is 10.1 Å². The molecule has 1 aromatic rings. The summed E-state index contributed by atoms with van der Waals surface area (Å²) in [5.41, 5.74) is 4.73. The van der Waals surface area contributed by atoms with E-state index in [0.717, 1.165) is 4.90 Å². The minimum Gasteiger partial charge on any atom is -0.368 e. The number of nitrogen functional groups attached to an aromatic ring is 1. The van der Waals surface area contributed by atoms with Crippen LogP contribution in [0, 0.1) is 17.0 Å². The Kier molecular flexibility index (Phi) is 4.36. The fourth-order valence-electron chi connectivity index (χ4n) is 1.68. The van der Waals surface area contributed by atoms with E-state index >= 15 is 0 Å². The lowest BCUT2D eigenvalue weighted by molar-refractivity contribution is -0.385. The average molecular weight is 293 g/mol. The molecule has 0 saturated carbocycles. The first-order valence-electron chi connectivity index (χ1n) is 5.65. The van der Waals surface area contributed by atoms with E-state index < -0.39 is 35.2 Å². The van der Waals surface area contributed by atoms with Gasteiger partial charge in [0.05, 0.1) is 4.92 Å². The number of nitro groups is 1. The average Bonchev–Trinajstić information content (AvgIpc) is 2.22.